The molecule has 0 bridgehead atoms. The number of hydrogen-bond donors (Lipinski definition) is 0. The van der Waals surface area contributed by atoms with Crippen molar-refractivity contribution in [2.24, 2.45) is 0 Å². The summed E-state index contributed by atoms with van der Waals surface area (Å²) >= 11 is 3.48. The number of fused-ring (bicyclic) bond motifs is 1. The summed E-state index contributed by atoms with van der Waals surface area (Å²) in [4.78, 5) is 12.7. The van der Waals surface area contributed by atoms with Crippen LogP contribution in [-0.4, -0.2) is 11.4 Å². The molecule has 2 nitrogen and oxygen atoms in total. The molecule has 2 aromatic rings. The summed E-state index contributed by atoms with van der Waals surface area (Å²) < 4.78 is 6.82. The minimum Gasteiger partial charge on any atom is -0.487 e. The van der Waals surface area contributed by atoms with Crippen LogP contribution in [-0.2, 0) is 6.42 Å². The van der Waals surface area contributed by atoms with Gasteiger partial charge in [-0.1, -0.05) is 28.1 Å². The van der Waals surface area contributed by atoms with Gasteiger partial charge in [0.15, 0.2) is 5.78 Å². The lowest BCUT2D eigenvalue weighted by Crippen LogP contribution is -2.24. The third-order valence-corrected chi connectivity index (χ3v) is 4.70. The van der Waals surface area contributed by atoms with Crippen LogP contribution >= 0.6 is 15.9 Å². The van der Waals surface area contributed by atoms with Crippen molar-refractivity contribution in [3.8, 4) is 5.75 Å². The fourth-order valence-corrected chi connectivity index (χ4v) is 3.13. The largest absolute Gasteiger partial charge is 0.487 e. The molecule has 1 aliphatic rings. The highest BCUT2D eigenvalue weighted by Gasteiger charge is 2.30. The molecule has 1 aliphatic heterocycles. The molecule has 0 atom stereocenters. The molecule has 2 aromatic carbocycles. The summed E-state index contributed by atoms with van der Waals surface area (Å²) in [6.07, 6.45) is 0.834. The number of ketones is 1. The fourth-order valence-electron chi connectivity index (χ4n) is 2.76. The van der Waals surface area contributed by atoms with E-state index >= 15 is 0 Å². The number of halogens is 1. The van der Waals surface area contributed by atoms with E-state index in [1.165, 1.54) is 0 Å². The van der Waals surface area contributed by atoms with E-state index in [0.717, 1.165) is 38.9 Å². The molecule has 0 fully saturated rings. The monoisotopic (exact) mass is 344 g/mol. The van der Waals surface area contributed by atoms with E-state index in [1.807, 2.05) is 43.3 Å². The SMILES string of the molecule is Cc1c(Br)cccc1C(=O)c1ccc2c(c1)CC(C)(C)O2. The van der Waals surface area contributed by atoms with E-state index in [0.29, 0.717) is 0 Å². The van der Waals surface area contributed by atoms with Gasteiger partial charge in [-0.2, -0.15) is 0 Å². The van der Waals surface area contributed by atoms with Crippen molar-refractivity contribution < 1.29 is 9.53 Å². The van der Waals surface area contributed by atoms with Gasteiger partial charge in [-0.05, 0) is 56.2 Å². The second-order valence-electron chi connectivity index (χ2n) is 6.10. The summed E-state index contributed by atoms with van der Waals surface area (Å²) in [7, 11) is 0. The number of ether oxygens (including phenoxy) is 1. The molecule has 0 aromatic heterocycles. The predicted octanol–water partition coefficient (Wildman–Crippen LogP) is 4.70. The van der Waals surface area contributed by atoms with Crippen LogP contribution in [0.2, 0.25) is 0 Å². The van der Waals surface area contributed by atoms with Crippen molar-refractivity contribution in [3.63, 3.8) is 0 Å². The maximum Gasteiger partial charge on any atom is 0.193 e. The van der Waals surface area contributed by atoms with Gasteiger partial charge in [-0.15, -0.1) is 0 Å². The van der Waals surface area contributed by atoms with Crippen molar-refractivity contribution in [2.75, 3.05) is 0 Å². The molecule has 0 amide bonds. The van der Waals surface area contributed by atoms with Crippen LogP contribution in [0.25, 0.3) is 0 Å². The fraction of sp³-hybridized carbons (Fsp3) is 0.278. The Morgan fingerprint density at radius 3 is 2.76 bits per heavy atom. The Hall–Kier alpha value is -1.61. The van der Waals surface area contributed by atoms with Crippen molar-refractivity contribution >= 4 is 21.7 Å². The molecule has 0 N–H and O–H groups in total. The average molecular weight is 345 g/mol. The second kappa shape index (κ2) is 4.99. The quantitative estimate of drug-likeness (QED) is 0.738. The number of carbonyl (C=O) groups is 1. The van der Waals surface area contributed by atoms with Crippen LogP contribution in [0.3, 0.4) is 0 Å². The van der Waals surface area contributed by atoms with Crippen LogP contribution in [0.1, 0.15) is 40.9 Å². The van der Waals surface area contributed by atoms with Crippen LogP contribution in [0.15, 0.2) is 40.9 Å². The Kier molecular flexibility index (Phi) is 3.40. The molecular weight excluding hydrogens is 328 g/mol. The maximum atomic E-state index is 12.7. The van der Waals surface area contributed by atoms with Gasteiger partial charge in [0.25, 0.3) is 0 Å². The van der Waals surface area contributed by atoms with Crippen LogP contribution < -0.4 is 4.74 Å². The highest BCUT2D eigenvalue weighted by atomic mass is 79.9. The molecule has 3 rings (SSSR count). The lowest BCUT2D eigenvalue weighted by Gasteiger charge is -2.16. The zero-order chi connectivity index (χ0) is 15.2. The summed E-state index contributed by atoms with van der Waals surface area (Å²) in [5, 5.41) is 0. The van der Waals surface area contributed by atoms with E-state index in [4.69, 9.17) is 4.74 Å². The predicted molar refractivity (Wildman–Crippen MR) is 87.2 cm³/mol. The highest BCUT2D eigenvalue weighted by Crippen LogP contribution is 2.35. The van der Waals surface area contributed by atoms with Gasteiger partial charge >= 0.3 is 0 Å². The Morgan fingerprint density at radius 1 is 1.24 bits per heavy atom. The maximum absolute atomic E-state index is 12.7. The van der Waals surface area contributed by atoms with E-state index in [9.17, 15) is 4.79 Å². The standard InChI is InChI=1S/C18H17BrO2/c1-11-14(5-4-6-15(11)19)17(20)12-7-8-16-13(9-12)10-18(2,3)21-16/h4-9H,10H2,1-3H3. The molecule has 21 heavy (non-hydrogen) atoms. The topological polar surface area (TPSA) is 26.3 Å². The highest BCUT2D eigenvalue weighted by molar-refractivity contribution is 9.10. The molecular formula is C18H17BrO2. The molecule has 0 spiro atoms. The summed E-state index contributed by atoms with van der Waals surface area (Å²) in [5.41, 5.74) is 3.35. The second-order valence-corrected chi connectivity index (χ2v) is 6.96. The summed E-state index contributed by atoms with van der Waals surface area (Å²) in [6.45, 7) is 6.08. The summed E-state index contributed by atoms with van der Waals surface area (Å²) in [6, 6.07) is 11.4. The third kappa shape index (κ3) is 2.62. The summed E-state index contributed by atoms with van der Waals surface area (Å²) in [5.74, 6) is 0.948. The van der Waals surface area contributed by atoms with Gasteiger partial charge in [0, 0.05) is 22.0 Å². The van der Waals surface area contributed by atoms with Crippen molar-refractivity contribution in [3.05, 3.63) is 63.1 Å². The molecule has 0 aliphatic carbocycles. The Bertz CT molecular complexity index is 732. The van der Waals surface area contributed by atoms with Gasteiger partial charge in [-0.25, -0.2) is 0 Å². The first-order chi connectivity index (χ1) is 9.87. The Labute approximate surface area is 133 Å². The average Bonchev–Trinajstić information content (AvgIpc) is 2.73. The van der Waals surface area contributed by atoms with Gasteiger partial charge in [-0.3, -0.25) is 4.79 Å². The van der Waals surface area contributed by atoms with E-state index < -0.39 is 0 Å². The molecule has 1 heterocycles. The van der Waals surface area contributed by atoms with E-state index in [-0.39, 0.29) is 11.4 Å². The van der Waals surface area contributed by atoms with Gasteiger partial charge in [0.2, 0.25) is 0 Å². The molecule has 0 saturated carbocycles. The first kappa shape index (κ1) is 14.3. The lowest BCUT2D eigenvalue weighted by atomic mass is 9.95. The first-order valence-electron chi connectivity index (χ1n) is 6.99. The van der Waals surface area contributed by atoms with Gasteiger partial charge in [0.1, 0.15) is 11.4 Å². The zero-order valence-corrected chi connectivity index (χ0v) is 14.0. The molecule has 0 saturated heterocycles. The van der Waals surface area contributed by atoms with Crippen LogP contribution in [0.4, 0.5) is 0 Å². The van der Waals surface area contributed by atoms with Gasteiger partial charge < -0.3 is 4.74 Å². The normalized spacial score (nSPS) is 15.4. The van der Waals surface area contributed by atoms with E-state index in [2.05, 4.69) is 29.8 Å². The van der Waals surface area contributed by atoms with Crippen LogP contribution in [0.5, 0.6) is 5.75 Å². The smallest absolute Gasteiger partial charge is 0.193 e. The van der Waals surface area contributed by atoms with Crippen LogP contribution in [0, 0.1) is 6.92 Å². The Balaban J connectivity index is 1.99. The first-order valence-corrected chi connectivity index (χ1v) is 7.78. The van der Waals surface area contributed by atoms with E-state index in [1.54, 1.807) is 0 Å². The molecule has 3 heteroatoms. The molecule has 0 radical (unpaired) electrons. The molecule has 0 unspecified atom stereocenters. The number of carbonyl (C=O) groups excluding carboxylic acids is 1. The van der Waals surface area contributed by atoms with Crippen molar-refractivity contribution in [1.29, 1.82) is 0 Å². The van der Waals surface area contributed by atoms with Gasteiger partial charge in [0.05, 0.1) is 0 Å². The van der Waals surface area contributed by atoms with Crippen molar-refractivity contribution in [1.82, 2.24) is 0 Å². The third-order valence-electron chi connectivity index (χ3n) is 3.84. The van der Waals surface area contributed by atoms with Crippen molar-refractivity contribution in [2.45, 2.75) is 32.8 Å². The minimum atomic E-state index is -0.185. The molecule has 108 valence electrons. The lowest BCUT2D eigenvalue weighted by molar-refractivity contribution is 0.103. The Morgan fingerprint density at radius 2 is 2.00 bits per heavy atom. The number of benzene rings is 2. The zero-order valence-electron chi connectivity index (χ0n) is 12.4. The minimum absolute atomic E-state index is 0.0568. The number of rotatable bonds is 2. The number of hydrogen-bond acceptors (Lipinski definition) is 2.